The predicted molar refractivity (Wildman–Crippen MR) is 93.7 cm³/mol. The highest BCUT2D eigenvalue weighted by molar-refractivity contribution is 5.68. The number of carbonyl (C=O) groups excluding carboxylic acids is 1. The molecule has 0 radical (unpaired) electrons. The van der Waals surface area contributed by atoms with Gasteiger partial charge < -0.3 is 9.64 Å². The zero-order chi connectivity index (χ0) is 18.2. The summed E-state index contributed by atoms with van der Waals surface area (Å²) < 4.78 is 5.43. The van der Waals surface area contributed by atoms with E-state index < -0.39 is 5.60 Å². The highest BCUT2D eigenvalue weighted by atomic mass is 16.6. The first-order chi connectivity index (χ1) is 11.7. The van der Waals surface area contributed by atoms with Gasteiger partial charge in [-0.05, 0) is 44.7 Å². The summed E-state index contributed by atoms with van der Waals surface area (Å²) in [6.45, 7) is 8.53. The number of nitro groups is 1. The van der Waals surface area contributed by atoms with Crippen LogP contribution in [0, 0.1) is 10.1 Å². The van der Waals surface area contributed by atoms with Crippen LogP contribution in [0.3, 0.4) is 0 Å². The molecule has 0 spiro atoms. The molecule has 7 nitrogen and oxygen atoms in total. The van der Waals surface area contributed by atoms with Gasteiger partial charge in [-0.25, -0.2) is 4.79 Å². The largest absolute Gasteiger partial charge is 0.444 e. The van der Waals surface area contributed by atoms with Crippen LogP contribution in [0.5, 0.6) is 0 Å². The van der Waals surface area contributed by atoms with E-state index in [9.17, 15) is 14.9 Å². The fourth-order valence-electron chi connectivity index (χ4n) is 3.55. The van der Waals surface area contributed by atoms with E-state index in [1.54, 1.807) is 17.0 Å². The zero-order valence-corrected chi connectivity index (χ0v) is 15.0. The number of non-ortho nitro benzene ring substituents is 1. The van der Waals surface area contributed by atoms with Crippen LogP contribution in [0.2, 0.25) is 0 Å². The molecule has 2 aliphatic rings. The molecule has 1 heterocycles. The number of piperazine rings is 1. The molecule has 7 heteroatoms. The lowest BCUT2D eigenvalue weighted by molar-refractivity contribution is -0.384. The van der Waals surface area contributed by atoms with Gasteiger partial charge in [-0.1, -0.05) is 6.07 Å². The lowest BCUT2D eigenvalue weighted by Crippen LogP contribution is -2.53. The molecule has 1 aliphatic heterocycles. The minimum atomic E-state index is -0.476. The summed E-state index contributed by atoms with van der Waals surface area (Å²) in [5.74, 6) is 0. The third-order valence-electron chi connectivity index (χ3n) is 4.79. The van der Waals surface area contributed by atoms with Crippen LogP contribution in [0.25, 0.3) is 0 Å². The molecule has 0 unspecified atom stereocenters. The first-order valence-corrected chi connectivity index (χ1v) is 8.71. The van der Waals surface area contributed by atoms with E-state index in [0.29, 0.717) is 19.1 Å². The van der Waals surface area contributed by atoms with Gasteiger partial charge in [0, 0.05) is 44.4 Å². The van der Waals surface area contributed by atoms with Gasteiger partial charge in [-0.2, -0.15) is 0 Å². The van der Waals surface area contributed by atoms with Crippen molar-refractivity contribution in [1.82, 2.24) is 9.80 Å². The Kier molecular flexibility index (Phi) is 4.69. The van der Waals surface area contributed by atoms with E-state index in [0.717, 1.165) is 31.5 Å². The second-order valence-electron chi connectivity index (χ2n) is 7.78. The average molecular weight is 347 g/mol. The van der Waals surface area contributed by atoms with Gasteiger partial charge in [0.25, 0.3) is 5.69 Å². The number of ether oxygens (including phenoxy) is 1. The molecule has 1 aromatic rings. The van der Waals surface area contributed by atoms with Crippen molar-refractivity contribution in [3.8, 4) is 0 Å². The van der Waals surface area contributed by atoms with Crippen LogP contribution in [-0.2, 0) is 17.6 Å². The SMILES string of the molecule is CC(C)(C)OC(=O)N1CCN([C@H]2Cc3ccc([N+](=O)[O-])cc3C2)CC1. The molecule has 0 N–H and O–H groups in total. The summed E-state index contributed by atoms with van der Waals surface area (Å²) >= 11 is 0. The molecule has 1 aliphatic carbocycles. The molecule has 1 fully saturated rings. The summed E-state index contributed by atoms with van der Waals surface area (Å²) in [5, 5.41) is 10.9. The Balaban J connectivity index is 1.56. The molecule has 0 aromatic heterocycles. The molecule has 25 heavy (non-hydrogen) atoms. The number of nitrogens with zero attached hydrogens (tertiary/aromatic N) is 3. The predicted octanol–water partition coefficient (Wildman–Crippen LogP) is 2.61. The average Bonchev–Trinajstić information content (AvgIpc) is 2.96. The van der Waals surface area contributed by atoms with Crippen molar-refractivity contribution in [3.05, 3.63) is 39.4 Å². The topological polar surface area (TPSA) is 75.9 Å². The van der Waals surface area contributed by atoms with Crippen LogP contribution >= 0.6 is 0 Å². The Bertz CT molecular complexity index is 675. The Hall–Kier alpha value is -2.15. The van der Waals surface area contributed by atoms with Crippen molar-refractivity contribution in [1.29, 1.82) is 0 Å². The number of nitro benzene ring substituents is 1. The minimum absolute atomic E-state index is 0.161. The van der Waals surface area contributed by atoms with Crippen molar-refractivity contribution in [3.63, 3.8) is 0 Å². The summed E-state index contributed by atoms with van der Waals surface area (Å²) in [6.07, 6.45) is 1.50. The zero-order valence-electron chi connectivity index (χ0n) is 15.0. The normalized spacial score (nSPS) is 21.1. The van der Waals surface area contributed by atoms with E-state index in [4.69, 9.17) is 4.74 Å². The Morgan fingerprint density at radius 2 is 1.80 bits per heavy atom. The van der Waals surface area contributed by atoms with Gasteiger partial charge in [0.2, 0.25) is 0 Å². The number of hydrogen-bond donors (Lipinski definition) is 0. The second kappa shape index (κ2) is 6.63. The van der Waals surface area contributed by atoms with Crippen LogP contribution in [0.15, 0.2) is 18.2 Å². The molecule has 3 rings (SSSR count). The van der Waals surface area contributed by atoms with Crippen molar-refractivity contribution < 1.29 is 14.5 Å². The quantitative estimate of drug-likeness (QED) is 0.607. The summed E-state index contributed by atoms with van der Waals surface area (Å²) in [6, 6.07) is 5.52. The molecule has 0 saturated carbocycles. The minimum Gasteiger partial charge on any atom is -0.444 e. The summed E-state index contributed by atoms with van der Waals surface area (Å²) in [7, 11) is 0. The van der Waals surface area contributed by atoms with Crippen molar-refractivity contribution in [2.75, 3.05) is 26.2 Å². The monoisotopic (exact) mass is 347 g/mol. The third kappa shape index (κ3) is 4.10. The van der Waals surface area contributed by atoms with E-state index in [1.165, 1.54) is 5.56 Å². The lowest BCUT2D eigenvalue weighted by atomic mass is 10.1. The lowest BCUT2D eigenvalue weighted by Gasteiger charge is -2.38. The van der Waals surface area contributed by atoms with Gasteiger partial charge in [0.15, 0.2) is 0 Å². The van der Waals surface area contributed by atoms with E-state index in [2.05, 4.69) is 4.90 Å². The molecule has 1 atom stereocenters. The van der Waals surface area contributed by atoms with Crippen LogP contribution in [-0.4, -0.2) is 58.6 Å². The molecule has 1 amide bonds. The Morgan fingerprint density at radius 1 is 1.16 bits per heavy atom. The number of benzene rings is 1. The number of rotatable bonds is 2. The highest BCUT2D eigenvalue weighted by Crippen LogP contribution is 2.29. The first kappa shape index (κ1) is 17.7. The van der Waals surface area contributed by atoms with Crippen LogP contribution in [0.4, 0.5) is 10.5 Å². The summed E-state index contributed by atoms with van der Waals surface area (Å²) in [5.41, 5.74) is 1.96. The van der Waals surface area contributed by atoms with Gasteiger partial charge >= 0.3 is 6.09 Å². The van der Waals surface area contributed by atoms with E-state index in [-0.39, 0.29) is 16.7 Å². The molecule has 1 aromatic carbocycles. The number of carbonyl (C=O) groups is 1. The standard InChI is InChI=1S/C18H25N3O4/c1-18(2,3)25-17(22)20-8-6-19(7-9-20)16-10-13-4-5-15(21(23)24)11-14(13)12-16/h4-5,11,16H,6-10,12H2,1-3H3/t16-/m0/s1. The van der Waals surface area contributed by atoms with Crippen molar-refractivity contribution >= 4 is 11.8 Å². The first-order valence-electron chi connectivity index (χ1n) is 8.71. The van der Waals surface area contributed by atoms with Gasteiger partial charge in [-0.15, -0.1) is 0 Å². The second-order valence-corrected chi connectivity index (χ2v) is 7.78. The number of hydrogen-bond acceptors (Lipinski definition) is 5. The fraction of sp³-hybridized carbons (Fsp3) is 0.611. The maximum absolute atomic E-state index is 12.1. The third-order valence-corrected chi connectivity index (χ3v) is 4.79. The number of amides is 1. The molecule has 0 bridgehead atoms. The fourth-order valence-corrected chi connectivity index (χ4v) is 3.55. The Morgan fingerprint density at radius 3 is 2.40 bits per heavy atom. The van der Waals surface area contributed by atoms with Gasteiger partial charge in [-0.3, -0.25) is 15.0 Å². The van der Waals surface area contributed by atoms with Crippen LogP contribution < -0.4 is 0 Å². The van der Waals surface area contributed by atoms with Crippen LogP contribution in [0.1, 0.15) is 31.9 Å². The smallest absolute Gasteiger partial charge is 0.410 e. The molecular weight excluding hydrogens is 322 g/mol. The molecule has 136 valence electrons. The maximum Gasteiger partial charge on any atom is 0.410 e. The highest BCUT2D eigenvalue weighted by Gasteiger charge is 2.32. The molecule has 1 saturated heterocycles. The van der Waals surface area contributed by atoms with Gasteiger partial charge in [0.1, 0.15) is 5.60 Å². The summed E-state index contributed by atoms with van der Waals surface area (Å²) in [4.78, 5) is 26.9. The maximum atomic E-state index is 12.1. The van der Waals surface area contributed by atoms with Crippen molar-refractivity contribution in [2.45, 2.75) is 45.3 Å². The van der Waals surface area contributed by atoms with Gasteiger partial charge in [0.05, 0.1) is 4.92 Å². The van der Waals surface area contributed by atoms with E-state index in [1.807, 2.05) is 26.8 Å². The molecular formula is C18H25N3O4. The van der Waals surface area contributed by atoms with E-state index >= 15 is 0 Å². The Labute approximate surface area is 147 Å². The van der Waals surface area contributed by atoms with Crippen molar-refractivity contribution in [2.24, 2.45) is 0 Å². The number of fused-ring (bicyclic) bond motifs is 1.